The van der Waals surface area contributed by atoms with Crippen LogP contribution in [-0.2, 0) is 27.4 Å². The minimum absolute atomic E-state index is 0.0347. The van der Waals surface area contributed by atoms with Gasteiger partial charge in [0.15, 0.2) is 0 Å². The van der Waals surface area contributed by atoms with Gasteiger partial charge in [0, 0.05) is 11.6 Å². The summed E-state index contributed by atoms with van der Waals surface area (Å²) in [5.41, 5.74) is 1.24. The lowest BCUT2D eigenvalue weighted by Crippen LogP contribution is -2.20. The number of rotatable bonds is 8. The van der Waals surface area contributed by atoms with Gasteiger partial charge in [0.25, 0.3) is 0 Å². The van der Waals surface area contributed by atoms with Crippen LogP contribution in [0.25, 0.3) is 6.08 Å². The predicted octanol–water partition coefficient (Wildman–Crippen LogP) is 0.798. The zero-order valence-electron chi connectivity index (χ0n) is 14.8. The molecule has 0 saturated carbocycles. The fourth-order valence-electron chi connectivity index (χ4n) is 2.07. The first-order chi connectivity index (χ1) is 12.5. The molecule has 1 N–H and O–H groups in total. The molecule has 1 aromatic heterocycles. The maximum atomic E-state index is 12.0. The van der Waals surface area contributed by atoms with E-state index in [4.69, 9.17) is 9.47 Å². The van der Waals surface area contributed by atoms with Crippen LogP contribution < -0.4 is 14.8 Å². The summed E-state index contributed by atoms with van der Waals surface area (Å²) in [6.07, 6.45) is 4.58. The van der Waals surface area contributed by atoms with Crippen molar-refractivity contribution >= 4 is 18.0 Å². The summed E-state index contributed by atoms with van der Waals surface area (Å²) in [6.45, 7) is 0.145. The first kappa shape index (κ1) is 19.0. The number of methoxy groups -OCH3 is 3. The van der Waals surface area contributed by atoms with Crippen LogP contribution in [0.1, 0.15) is 11.3 Å². The summed E-state index contributed by atoms with van der Waals surface area (Å²) in [5, 5.41) is 10.3. The van der Waals surface area contributed by atoms with Crippen molar-refractivity contribution in [1.82, 2.24) is 20.3 Å². The van der Waals surface area contributed by atoms with Crippen molar-refractivity contribution in [2.45, 2.75) is 13.1 Å². The third kappa shape index (κ3) is 5.33. The van der Waals surface area contributed by atoms with E-state index in [1.165, 1.54) is 17.9 Å². The lowest BCUT2D eigenvalue weighted by atomic mass is 10.1. The Labute approximate surface area is 150 Å². The van der Waals surface area contributed by atoms with Crippen LogP contribution in [0, 0.1) is 0 Å². The van der Waals surface area contributed by atoms with Crippen LogP contribution >= 0.6 is 0 Å². The molecule has 0 atom stereocenters. The number of amides is 1. The third-order valence-electron chi connectivity index (χ3n) is 3.40. The Hall–Kier alpha value is -3.36. The Bertz CT molecular complexity index is 800. The van der Waals surface area contributed by atoms with E-state index in [0.717, 1.165) is 0 Å². The maximum Gasteiger partial charge on any atom is 0.327 e. The summed E-state index contributed by atoms with van der Waals surface area (Å²) in [6, 6.07) is 5.30. The number of nitrogens with one attached hydrogen (secondary N) is 1. The largest absolute Gasteiger partial charge is 0.497 e. The molecule has 0 unspecified atom stereocenters. The van der Waals surface area contributed by atoms with Crippen LogP contribution in [0.2, 0.25) is 0 Å². The Kier molecular flexibility index (Phi) is 6.72. The molecule has 0 spiro atoms. The number of benzene rings is 1. The molecule has 0 aliphatic carbocycles. The molecule has 0 bridgehead atoms. The number of esters is 1. The van der Waals surface area contributed by atoms with Crippen LogP contribution in [0.5, 0.6) is 11.5 Å². The van der Waals surface area contributed by atoms with Crippen molar-refractivity contribution in [3.8, 4) is 11.5 Å². The summed E-state index contributed by atoms with van der Waals surface area (Å²) in [5.74, 6) is 0.548. The van der Waals surface area contributed by atoms with Gasteiger partial charge in [-0.3, -0.25) is 9.59 Å². The van der Waals surface area contributed by atoms with Crippen molar-refractivity contribution in [3.05, 3.63) is 41.7 Å². The van der Waals surface area contributed by atoms with E-state index in [0.29, 0.717) is 22.8 Å². The smallest absolute Gasteiger partial charge is 0.327 e. The topological polar surface area (TPSA) is 105 Å². The number of hydrogen-bond donors (Lipinski definition) is 1. The van der Waals surface area contributed by atoms with Crippen molar-refractivity contribution < 1.29 is 23.8 Å². The maximum absolute atomic E-state index is 12.0. The molecule has 0 radical (unpaired) electrons. The molecule has 9 heteroatoms. The van der Waals surface area contributed by atoms with Gasteiger partial charge in [-0.05, 0) is 24.3 Å². The van der Waals surface area contributed by atoms with E-state index in [-0.39, 0.29) is 19.0 Å². The van der Waals surface area contributed by atoms with Crippen LogP contribution in [0.3, 0.4) is 0 Å². The Balaban J connectivity index is 1.93. The van der Waals surface area contributed by atoms with Crippen molar-refractivity contribution in [2.24, 2.45) is 0 Å². The monoisotopic (exact) mass is 360 g/mol. The fraction of sp³-hybridized carbons (Fsp3) is 0.294. The molecule has 0 fully saturated rings. The second-order valence-corrected chi connectivity index (χ2v) is 5.14. The Morgan fingerprint density at radius 2 is 2.04 bits per heavy atom. The standard InChI is InChI=1S/C17H20N4O5/c1-24-14-5-6-15(25-2)12(8-14)4-7-16(22)18-9-13-10-21(20-19-13)11-17(23)26-3/h4-8,10H,9,11H2,1-3H3,(H,18,22). The minimum Gasteiger partial charge on any atom is -0.497 e. The van der Waals surface area contributed by atoms with Gasteiger partial charge in [-0.15, -0.1) is 5.10 Å². The zero-order chi connectivity index (χ0) is 18.9. The highest BCUT2D eigenvalue weighted by molar-refractivity contribution is 5.92. The Morgan fingerprint density at radius 3 is 2.73 bits per heavy atom. The van der Waals surface area contributed by atoms with Gasteiger partial charge in [-0.25, -0.2) is 4.68 Å². The molecule has 1 amide bonds. The number of carbonyl (C=O) groups excluding carboxylic acids is 2. The molecule has 0 aliphatic heterocycles. The normalized spacial score (nSPS) is 10.6. The van der Waals surface area contributed by atoms with E-state index in [2.05, 4.69) is 20.4 Å². The highest BCUT2D eigenvalue weighted by atomic mass is 16.5. The lowest BCUT2D eigenvalue weighted by Gasteiger charge is -2.07. The SMILES string of the molecule is COC(=O)Cn1cc(CNC(=O)C=Cc2cc(OC)ccc2OC)nn1. The second kappa shape index (κ2) is 9.21. The molecule has 1 aromatic carbocycles. The van der Waals surface area contributed by atoms with E-state index in [1.54, 1.807) is 44.7 Å². The van der Waals surface area contributed by atoms with Gasteiger partial charge in [-0.2, -0.15) is 0 Å². The van der Waals surface area contributed by atoms with Gasteiger partial charge in [0.05, 0.1) is 34.1 Å². The first-order valence-electron chi connectivity index (χ1n) is 7.69. The Morgan fingerprint density at radius 1 is 1.23 bits per heavy atom. The van der Waals surface area contributed by atoms with Gasteiger partial charge < -0.3 is 19.5 Å². The quantitative estimate of drug-likeness (QED) is 0.548. The highest BCUT2D eigenvalue weighted by Crippen LogP contribution is 2.24. The fourth-order valence-corrected chi connectivity index (χ4v) is 2.07. The molecule has 26 heavy (non-hydrogen) atoms. The van der Waals surface area contributed by atoms with Crippen molar-refractivity contribution in [1.29, 1.82) is 0 Å². The summed E-state index contributed by atoms with van der Waals surface area (Å²) in [7, 11) is 4.41. The third-order valence-corrected chi connectivity index (χ3v) is 3.40. The van der Waals surface area contributed by atoms with Crippen molar-refractivity contribution in [2.75, 3.05) is 21.3 Å². The summed E-state index contributed by atoms with van der Waals surface area (Å²) < 4.78 is 16.3. The van der Waals surface area contributed by atoms with Crippen LogP contribution in [-0.4, -0.2) is 48.2 Å². The molecule has 9 nitrogen and oxygen atoms in total. The molecular formula is C17H20N4O5. The van der Waals surface area contributed by atoms with Crippen molar-refractivity contribution in [3.63, 3.8) is 0 Å². The lowest BCUT2D eigenvalue weighted by molar-refractivity contribution is -0.141. The van der Waals surface area contributed by atoms with E-state index < -0.39 is 5.97 Å². The highest BCUT2D eigenvalue weighted by Gasteiger charge is 2.07. The predicted molar refractivity (Wildman–Crippen MR) is 92.5 cm³/mol. The number of ether oxygens (including phenoxy) is 3. The van der Waals surface area contributed by atoms with Gasteiger partial charge in [0.1, 0.15) is 23.7 Å². The molecular weight excluding hydrogens is 340 g/mol. The molecule has 0 saturated heterocycles. The summed E-state index contributed by atoms with van der Waals surface area (Å²) in [4.78, 5) is 23.1. The van der Waals surface area contributed by atoms with E-state index >= 15 is 0 Å². The number of hydrogen-bond acceptors (Lipinski definition) is 7. The molecule has 1 heterocycles. The molecule has 138 valence electrons. The molecule has 2 rings (SSSR count). The number of nitrogens with zero attached hydrogens (tertiary/aromatic N) is 3. The minimum atomic E-state index is -0.430. The van der Waals surface area contributed by atoms with Gasteiger partial charge in [0.2, 0.25) is 5.91 Å². The van der Waals surface area contributed by atoms with Crippen LogP contribution in [0.15, 0.2) is 30.5 Å². The van der Waals surface area contributed by atoms with Gasteiger partial charge >= 0.3 is 5.97 Å². The van der Waals surface area contributed by atoms with Gasteiger partial charge in [-0.1, -0.05) is 5.21 Å². The number of aromatic nitrogens is 3. The average Bonchev–Trinajstić information content (AvgIpc) is 3.11. The molecule has 2 aromatic rings. The first-order valence-corrected chi connectivity index (χ1v) is 7.69. The average molecular weight is 360 g/mol. The van der Waals surface area contributed by atoms with E-state index in [1.807, 2.05) is 0 Å². The molecule has 0 aliphatic rings. The van der Waals surface area contributed by atoms with E-state index in [9.17, 15) is 9.59 Å². The summed E-state index contributed by atoms with van der Waals surface area (Å²) >= 11 is 0. The van der Waals surface area contributed by atoms with Crippen LogP contribution in [0.4, 0.5) is 0 Å². The number of carbonyl (C=O) groups is 2. The zero-order valence-corrected chi connectivity index (χ0v) is 14.8. The second-order valence-electron chi connectivity index (χ2n) is 5.14.